The van der Waals surface area contributed by atoms with Crippen LogP contribution in [0.25, 0.3) is 10.9 Å². The van der Waals surface area contributed by atoms with Crippen LogP contribution in [0.5, 0.6) is 0 Å². The van der Waals surface area contributed by atoms with Crippen molar-refractivity contribution in [2.24, 2.45) is 0 Å². The zero-order valence-corrected chi connectivity index (χ0v) is 19.8. The summed E-state index contributed by atoms with van der Waals surface area (Å²) < 4.78 is 39.3. The lowest BCUT2D eigenvalue weighted by Crippen LogP contribution is -2.47. The van der Waals surface area contributed by atoms with Gasteiger partial charge in [-0.05, 0) is 36.1 Å². The van der Waals surface area contributed by atoms with E-state index in [2.05, 4.69) is 17.1 Å². The van der Waals surface area contributed by atoms with Crippen molar-refractivity contribution < 1.29 is 18.0 Å². The third-order valence-electron chi connectivity index (χ3n) is 5.83. The minimum absolute atomic E-state index is 0.126. The molecule has 1 N–H and O–H groups in total. The van der Waals surface area contributed by atoms with E-state index in [-0.39, 0.29) is 5.91 Å². The van der Waals surface area contributed by atoms with E-state index in [0.29, 0.717) is 49.8 Å². The van der Waals surface area contributed by atoms with Gasteiger partial charge in [0.15, 0.2) is 0 Å². The second-order valence-corrected chi connectivity index (χ2v) is 9.41. The lowest BCUT2D eigenvalue weighted by molar-refractivity contribution is -0.137. The van der Waals surface area contributed by atoms with Crippen LogP contribution in [0.15, 0.2) is 54.6 Å². The highest BCUT2D eigenvalue weighted by Gasteiger charge is 2.31. The number of anilines is 2. The molecule has 0 bridgehead atoms. The second kappa shape index (κ2) is 10.5. The summed E-state index contributed by atoms with van der Waals surface area (Å²) in [4.78, 5) is 21.7. The summed E-state index contributed by atoms with van der Waals surface area (Å²) in [5, 5.41) is 3.80. The number of rotatable bonds is 7. The molecule has 0 radical (unpaired) electrons. The van der Waals surface area contributed by atoms with Gasteiger partial charge in [0.25, 0.3) is 5.91 Å². The number of alkyl halides is 3. The molecule has 0 unspecified atom stereocenters. The van der Waals surface area contributed by atoms with Gasteiger partial charge in [0.2, 0.25) is 0 Å². The van der Waals surface area contributed by atoms with Crippen molar-refractivity contribution in [2.75, 3.05) is 54.0 Å². The molecule has 2 aromatic carbocycles. The smallest absolute Gasteiger partial charge is 0.368 e. The molecule has 0 atom stereocenters. The highest BCUT2D eigenvalue weighted by Crippen LogP contribution is 2.32. The Morgan fingerprint density at radius 3 is 2.50 bits per heavy atom. The van der Waals surface area contributed by atoms with Crippen LogP contribution in [0.2, 0.25) is 0 Å². The van der Waals surface area contributed by atoms with Crippen molar-refractivity contribution in [2.45, 2.75) is 13.1 Å². The first-order valence-electron chi connectivity index (χ1n) is 11.3. The first-order valence-corrected chi connectivity index (χ1v) is 12.4. The number of nitrogens with one attached hydrogen (secondary N) is 1. The fraction of sp³-hybridized carbons (Fsp3) is 0.360. The normalized spacial score (nSPS) is 14.5. The molecule has 3 aromatic rings. The zero-order valence-electron chi connectivity index (χ0n) is 18.9. The van der Waals surface area contributed by atoms with E-state index < -0.39 is 11.7 Å². The molecule has 4 rings (SSSR count). The number of nitrogens with zero attached hydrogens (tertiary/aromatic N) is 3. The number of amides is 1. The highest BCUT2D eigenvalue weighted by atomic mass is 32.2. The van der Waals surface area contributed by atoms with Gasteiger partial charge in [-0.15, -0.1) is 0 Å². The summed E-state index contributed by atoms with van der Waals surface area (Å²) in [6, 6.07) is 14.8. The summed E-state index contributed by atoms with van der Waals surface area (Å²) in [6.07, 6.45) is -4.36. The Kier molecular flexibility index (Phi) is 7.50. The molecule has 1 aliphatic heterocycles. The van der Waals surface area contributed by atoms with Crippen LogP contribution in [0, 0.1) is 0 Å². The number of piperazine rings is 1. The standard InChI is InChI=1S/C25H27F3N4OS/c1-2-34-15-10-29-24(33)21-17-23(30-22-9-4-3-8-20(21)22)32-13-11-31(12-14-32)19-7-5-6-18(16-19)25(26,27)28/h3-9,16-17H,2,10-15H2,1H3,(H,29,33). The molecule has 5 nitrogen and oxygen atoms in total. The molecule has 0 aliphatic carbocycles. The molecule has 1 saturated heterocycles. The molecule has 9 heteroatoms. The maximum absolute atomic E-state index is 13.1. The molecule has 1 amide bonds. The van der Waals surface area contributed by atoms with E-state index in [9.17, 15) is 18.0 Å². The average molecular weight is 489 g/mol. The van der Waals surface area contributed by atoms with E-state index in [1.54, 1.807) is 17.8 Å². The lowest BCUT2D eigenvalue weighted by atomic mass is 10.1. The Labute approximate surface area is 201 Å². The van der Waals surface area contributed by atoms with Crippen molar-refractivity contribution in [1.82, 2.24) is 10.3 Å². The van der Waals surface area contributed by atoms with Crippen LogP contribution in [0.1, 0.15) is 22.8 Å². The number of hydrogen-bond donors (Lipinski definition) is 1. The lowest BCUT2D eigenvalue weighted by Gasteiger charge is -2.37. The molecule has 1 fully saturated rings. The van der Waals surface area contributed by atoms with E-state index in [4.69, 9.17) is 4.98 Å². The molecule has 2 heterocycles. The molecule has 34 heavy (non-hydrogen) atoms. The third-order valence-corrected chi connectivity index (χ3v) is 6.73. The van der Waals surface area contributed by atoms with Gasteiger partial charge in [0, 0.05) is 49.6 Å². The van der Waals surface area contributed by atoms with Gasteiger partial charge in [-0.1, -0.05) is 31.2 Å². The van der Waals surface area contributed by atoms with Gasteiger partial charge in [-0.25, -0.2) is 4.98 Å². The van der Waals surface area contributed by atoms with Gasteiger partial charge in [0.05, 0.1) is 16.6 Å². The number of aromatic nitrogens is 1. The van der Waals surface area contributed by atoms with Gasteiger partial charge in [-0.3, -0.25) is 4.79 Å². The van der Waals surface area contributed by atoms with E-state index in [0.717, 1.165) is 28.5 Å². The summed E-state index contributed by atoms with van der Waals surface area (Å²) in [6.45, 7) is 4.99. The number of thioether (sulfide) groups is 1. The topological polar surface area (TPSA) is 48.5 Å². The Bertz CT molecular complexity index is 1150. The van der Waals surface area contributed by atoms with Crippen molar-refractivity contribution >= 4 is 40.1 Å². The predicted octanol–water partition coefficient (Wildman–Crippen LogP) is 5.06. The molecule has 1 aromatic heterocycles. The van der Waals surface area contributed by atoms with Crippen molar-refractivity contribution in [3.05, 3.63) is 65.7 Å². The van der Waals surface area contributed by atoms with Crippen LogP contribution in [0.3, 0.4) is 0 Å². The first-order chi connectivity index (χ1) is 16.4. The summed E-state index contributed by atoms with van der Waals surface area (Å²) in [5.74, 6) is 2.44. The number of hydrogen-bond acceptors (Lipinski definition) is 5. The average Bonchev–Trinajstić information content (AvgIpc) is 2.85. The minimum atomic E-state index is -4.36. The monoisotopic (exact) mass is 488 g/mol. The molecular weight excluding hydrogens is 461 g/mol. The van der Waals surface area contributed by atoms with Crippen LogP contribution >= 0.6 is 11.8 Å². The summed E-state index contributed by atoms with van der Waals surface area (Å²) in [5.41, 5.74) is 1.25. The van der Waals surface area contributed by atoms with E-state index in [1.807, 2.05) is 35.2 Å². The second-order valence-electron chi connectivity index (χ2n) is 8.02. The van der Waals surface area contributed by atoms with Gasteiger partial charge < -0.3 is 15.1 Å². The Morgan fingerprint density at radius 2 is 1.76 bits per heavy atom. The molecule has 1 aliphatic rings. The number of fused-ring (bicyclic) bond motifs is 1. The number of para-hydroxylation sites is 1. The first kappa shape index (κ1) is 24.2. The molecule has 180 valence electrons. The van der Waals surface area contributed by atoms with E-state index >= 15 is 0 Å². The largest absolute Gasteiger partial charge is 0.416 e. The van der Waals surface area contributed by atoms with Crippen molar-refractivity contribution in [3.63, 3.8) is 0 Å². The van der Waals surface area contributed by atoms with Crippen LogP contribution in [-0.2, 0) is 6.18 Å². The Hall–Kier alpha value is -2.94. The van der Waals surface area contributed by atoms with Gasteiger partial charge in [0.1, 0.15) is 5.82 Å². The fourth-order valence-electron chi connectivity index (χ4n) is 4.06. The molecule has 0 spiro atoms. The SMILES string of the molecule is CCSCCNC(=O)c1cc(N2CCN(c3cccc(C(F)(F)F)c3)CC2)nc2ccccc12. The number of benzene rings is 2. The Balaban J connectivity index is 1.51. The maximum atomic E-state index is 13.1. The predicted molar refractivity (Wildman–Crippen MR) is 133 cm³/mol. The maximum Gasteiger partial charge on any atom is 0.416 e. The van der Waals surface area contributed by atoms with Gasteiger partial charge in [-0.2, -0.15) is 24.9 Å². The molecular formula is C25H27F3N4OS. The number of carbonyl (C=O) groups is 1. The van der Waals surface area contributed by atoms with Crippen LogP contribution in [-0.4, -0.2) is 55.1 Å². The third kappa shape index (κ3) is 5.58. The number of pyridine rings is 1. The minimum Gasteiger partial charge on any atom is -0.368 e. The van der Waals surface area contributed by atoms with Crippen LogP contribution in [0.4, 0.5) is 24.7 Å². The fourth-order valence-corrected chi connectivity index (χ4v) is 4.60. The quantitative estimate of drug-likeness (QED) is 0.471. The zero-order chi connectivity index (χ0) is 24.1. The van der Waals surface area contributed by atoms with E-state index in [1.165, 1.54) is 12.1 Å². The Morgan fingerprint density at radius 1 is 1.03 bits per heavy atom. The highest BCUT2D eigenvalue weighted by molar-refractivity contribution is 7.99. The number of carbonyl (C=O) groups excluding carboxylic acids is 1. The van der Waals surface area contributed by atoms with Crippen molar-refractivity contribution in [3.8, 4) is 0 Å². The van der Waals surface area contributed by atoms with Gasteiger partial charge >= 0.3 is 6.18 Å². The summed E-state index contributed by atoms with van der Waals surface area (Å²) >= 11 is 1.77. The van der Waals surface area contributed by atoms with Crippen molar-refractivity contribution in [1.29, 1.82) is 0 Å². The summed E-state index contributed by atoms with van der Waals surface area (Å²) in [7, 11) is 0. The van der Waals surface area contributed by atoms with Crippen LogP contribution < -0.4 is 15.1 Å². The molecule has 0 saturated carbocycles. The number of halogens is 3.